The van der Waals surface area contributed by atoms with Crippen LogP contribution in [0.2, 0.25) is 0 Å². The second kappa shape index (κ2) is 5.81. The molecule has 2 rings (SSSR count). The Bertz CT molecular complexity index is 566. The lowest BCUT2D eigenvalue weighted by atomic mass is 9.84. The summed E-state index contributed by atoms with van der Waals surface area (Å²) in [5, 5.41) is 9.32. The highest BCUT2D eigenvalue weighted by molar-refractivity contribution is 5.90. The van der Waals surface area contributed by atoms with Gasteiger partial charge in [-0.05, 0) is 51.0 Å². The summed E-state index contributed by atoms with van der Waals surface area (Å²) < 4.78 is 1.71. The van der Waals surface area contributed by atoms with Crippen molar-refractivity contribution in [2.24, 2.45) is 5.92 Å². The Labute approximate surface area is 119 Å². The monoisotopic (exact) mass is 277 g/mol. The molecule has 1 aliphatic carbocycles. The molecule has 0 radical (unpaired) electrons. The highest BCUT2D eigenvalue weighted by atomic mass is 16.4. The molecule has 1 aromatic rings. The molecule has 20 heavy (non-hydrogen) atoms. The first kappa shape index (κ1) is 14.8. The number of aryl methyl sites for hydroxylation is 1. The zero-order chi connectivity index (χ0) is 14.9. The summed E-state index contributed by atoms with van der Waals surface area (Å²) in [4.78, 5) is 23.6. The lowest BCUT2D eigenvalue weighted by Gasteiger charge is -2.31. The van der Waals surface area contributed by atoms with Crippen LogP contribution >= 0.6 is 0 Å². The lowest BCUT2D eigenvalue weighted by Crippen LogP contribution is -2.31. The topological polar surface area (TPSA) is 59.3 Å². The van der Waals surface area contributed by atoms with Gasteiger partial charge in [-0.2, -0.15) is 0 Å². The van der Waals surface area contributed by atoms with E-state index in [1.165, 1.54) is 12.5 Å². The average molecular weight is 277 g/mol. The van der Waals surface area contributed by atoms with Crippen molar-refractivity contribution in [3.05, 3.63) is 33.2 Å². The second-order valence-electron chi connectivity index (χ2n) is 5.88. The van der Waals surface area contributed by atoms with E-state index in [2.05, 4.69) is 6.92 Å². The maximum atomic E-state index is 12.3. The molecule has 0 bridgehead atoms. The van der Waals surface area contributed by atoms with E-state index in [1.807, 2.05) is 0 Å². The summed E-state index contributed by atoms with van der Waals surface area (Å²) >= 11 is 0. The van der Waals surface area contributed by atoms with Gasteiger partial charge in [-0.3, -0.25) is 4.79 Å². The molecule has 4 nitrogen and oxygen atoms in total. The van der Waals surface area contributed by atoms with Crippen LogP contribution < -0.4 is 5.56 Å². The van der Waals surface area contributed by atoms with E-state index >= 15 is 0 Å². The highest BCUT2D eigenvalue weighted by Gasteiger charge is 2.25. The zero-order valence-electron chi connectivity index (χ0n) is 12.5. The van der Waals surface area contributed by atoms with Crippen molar-refractivity contribution in [2.75, 3.05) is 0 Å². The number of carboxylic acid groups (broad SMARTS) is 1. The number of aromatic nitrogens is 1. The molecule has 1 N–H and O–H groups in total. The first-order valence-electron chi connectivity index (χ1n) is 7.41. The standard InChI is InChI=1S/C16H23NO3/c1-4-12-5-7-13(8-6-12)17-11(3)15(16(19)20)10(2)9-14(17)18/h9,12-13H,4-8H2,1-3H3,(H,19,20). The van der Waals surface area contributed by atoms with Gasteiger partial charge >= 0.3 is 5.97 Å². The molecule has 1 heterocycles. The average Bonchev–Trinajstić information content (AvgIpc) is 2.38. The zero-order valence-corrected chi connectivity index (χ0v) is 12.5. The SMILES string of the molecule is CCC1CCC(n2c(C)c(C(=O)O)c(C)cc2=O)CC1. The summed E-state index contributed by atoms with van der Waals surface area (Å²) in [5.41, 5.74) is 1.37. The minimum atomic E-state index is -0.948. The summed E-state index contributed by atoms with van der Waals surface area (Å²) in [6, 6.07) is 1.62. The van der Waals surface area contributed by atoms with E-state index in [-0.39, 0.29) is 17.2 Å². The number of hydrogen-bond acceptors (Lipinski definition) is 2. The van der Waals surface area contributed by atoms with Crippen molar-refractivity contribution in [3.8, 4) is 0 Å². The maximum absolute atomic E-state index is 12.3. The van der Waals surface area contributed by atoms with Crippen LogP contribution in [0.15, 0.2) is 10.9 Å². The van der Waals surface area contributed by atoms with Crippen LogP contribution in [0.3, 0.4) is 0 Å². The van der Waals surface area contributed by atoms with E-state index < -0.39 is 5.97 Å². The Morgan fingerprint density at radius 2 is 1.90 bits per heavy atom. The highest BCUT2D eigenvalue weighted by Crippen LogP contribution is 2.34. The van der Waals surface area contributed by atoms with E-state index in [0.717, 1.165) is 31.6 Å². The summed E-state index contributed by atoms with van der Waals surface area (Å²) in [5.74, 6) is -0.192. The number of carbonyl (C=O) groups is 1. The fourth-order valence-electron chi connectivity index (χ4n) is 3.49. The van der Waals surface area contributed by atoms with Gasteiger partial charge < -0.3 is 9.67 Å². The molecular formula is C16H23NO3. The molecule has 0 unspecified atom stereocenters. The number of pyridine rings is 1. The largest absolute Gasteiger partial charge is 0.478 e. The van der Waals surface area contributed by atoms with Crippen molar-refractivity contribution in [3.63, 3.8) is 0 Å². The van der Waals surface area contributed by atoms with Gasteiger partial charge in [-0.25, -0.2) is 4.79 Å². The van der Waals surface area contributed by atoms with Gasteiger partial charge in [0.25, 0.3) is 5.56 Å². The van der Waals surface area contributed by atoms with E-state index in [0.29, 0.717) is 11.3 Å². The van der Waals surface area contributed by atoms with Crippen molar-refractivity contribution in [1.29, 1.82) is 0 Å². The molecule has 1 fully saturated rings. The minimum Gasteiger partial charge on any atom is -0.478 e. The van der Waals surface area contributed by atoms with Gasteiger partial charge in [0.2, 0.25) is 0 Å². The molecule has 1 aliphatic rings. The Morgan fingerprint density at radius 1 is 1.30 bits per heavy atom. The van der Waals surface area contributed by atoms with E-state index in [4.69, 9.17) is 0 Å². The fourth-order valence-corrected chi connectivity index (χ4v) is 3.49. The van der Waals surface area contributed by atoms with E-state index in [9.17, 15) is 14.7 Å². The Balaban J connectivity index is 2.40. The number of rotatable bonds is 3. The molecule has 0 atom stereocenters. The number of aromatic carboxylic acids is 1. The Hall–Kier alpha value is -1.58. The van der Waals surface area contributed by atoms with Crippen molar-refractivity contribution >= 4 is 5.97 Å². The molecule has 1 saturated carbocycles. The first-order chi connectivity index (χ1) is 9.45. The van der Waals surface area contributed by atoms with Crippen molar-refractivity contribution in [2.45, 2.75) is 58.9 Å². The molecule has 4 heteroatoms. The second-order valence-corrected chi connectivity index (χ2v) is 5.88. The van der Waals surface area contributed by atoms with Gasteiger partial charge in [0.05, 0.1) is 5.56 Å². The van der Waals surface area contributed by atoms with Crippen LogP contribution in [0.4, 0.5) is 0 Å². The number of nitrogens with zero attached hydrogens (tertiary/aromatic N) is 1. The summed E-state index contributed by atoms with van der Waals surface area (Å²) in [6.45, 7) is 5.65. The van der Waals surface area contributed by atoms with Gasteiger partial charge in [-0.1, -0.05) is 13.3 Å². The predicted molar refractivity (Wildman–Crippen MR) is 78.4 cm³/mol. The number of hydrogen-bond donors (Lipinski definition) is 1. The van der Waals surface area contributed by atoms with Crippen LogP contribution in [-0.4, -0.2) is 15.6 Å². The molecular weight excluding hydrogens is 254 g/mol. The van der Waals surface area contributed by atoms with Crippen LogP contribution in [-0.2, 0) is 0 Å². The summed E-state index contributed by atoms with van der Waals surface area (Å²) in [6.07, 6.45) is 5.39. The maximum Gasteiger partial charge on any atom is 0.337 e. The fraction of sp³-hybridized carbons (Fsp3) is 0.625. The van der Waals surface area contributed by atoms with Crippen LogP contribution in [0.1, 0.15) is 66.7 Å². The van der Waals surface area contributed by atoms with Crippen molar-refractivity contribution in [1.82, 2.24) is 4.57 Å². The third-order valence-corrected chi connectivity index (χ3v) is 4.67. The molecule has 0 saturated heterocycles. The molecule has 0 aliphatic heterocycles. The lowest BCUT2D eigenvalue weighted by molar-refractivity contribution is 0.0693. The normalized spacial score (nSPS) is 22.8. The van der Waals surface area contributed by atoms with Crippen molar-refractivity contribution < 1.29 is 9.90 Å². The number of carboxylic acids is 1. The van der Waals surface area contributed by atoms with Gasteiger partial charge in [-0.15, -0.1) is 0 Å². The Morgan fingerprint density at radius 3 is 2.40 bits per heavy atom. The van der Waals surface area contributed by atoms with Gasteiger partial charge in [0, 0.05) is 17.8 Å². The third kappa shape index (κ3) is 2.65. The molecule has 1 aromatic heterocycles. The van der Waals surface area contributed by atoms with E-state index in [1.54, 1.807) is 18.4 Å². The third-order valence-electron chi connectivity index (χ3n) is 4.67. The molecule has 0 spiro atoms. The molecule has 110 valence electrons. The summed E-state index contributed by atoms with van der Waals surface area (Å²) in [7, 11) is 0. The smallest absolute Gasteiger partial charge is 0.337 e. The molecule has 0 amide bonds. The predicted octanol–water partition coefficient (Wildman–Crippen LogP) is 3.30. The quantitative estimate of drug-likeness (QED) is 0.922. The van der Waals surface area contributed by atoms with Gasteiger partial charge in [0.1, 0.15) is 0 Å². The van der Waals surface area contributed by atoms with Crippen LogP contribution in [0.5, 0.6) is 0 Å². The molecule has 0 aromatic carbocycles. The minimum absolute atomic E-state index is 0.0649. The Kier molecular flexibility index (Phi) is 4.31. The van der Waals surface area contributed by atoms with Gasteiger partial charge in [0.15, 0.2) is 0 Å². The van der Waals surface area contributed by atoms with Crippen LogP contribution in [0.25, 0.3) is 0 Å². The first-order valence-corrected chi connectivity index (χ1v) is 7.41. The van der Waals surface area contributed by atoms with Crippen LogP contribution in [0, 0.1) is 19.8 Å².